The number of nitrogens with zero attached hydrogens (tertiary/aromatic N) is 10. The summed E-state index contributed by atoms with van der Waals surface area (Å²) in [6.07, 6.45) is 3.27. The molecule has 6 heterocycles. The molecule has 10 aromatic rings. The lowest BCUT2D eigenvalue weighted by Gasteiger charge is -2.36. The number of halogens is 2. The SMILES string of the molecule is CCOC(=O)c1cn[nH]c1-n1nc(C(Nc2ccc(-c3noc(C)n3)cc2)c2cc(OC)cc(OCCCO)c2F)[nH]c1=O.CCOC(=O)c1cn[nH]c1-n1nc(C(Nc2ccc(-c3noc(C)n3)cc2)c2cc(OC)cc(OCCCO[Si](C)(C)C(C)(C)C)c2F)[nH]c1=O. The first-order valence-corrected chi connectivity index (χ1v) is 32.9. The summed E-state index contributed by atoms with van der Waals surface area (Å²) in [7, 11) is 0.920. The number of esters is 2. The molecule has 502 valence electrons. The third-order valence-electron chi connectivity index (χ3n) is 15.0. The molecule has 0 aliphatic heterocycles. The summed E-state index contributed by atoms with van der Waals surface area (Å²) in [5.74, 6) is -0.831. The first-order chi connectivity index (χ1) is 45.5. The topological polar surface area (TPSA) is 380 Å². The van der Waals surface area contributed by atoms with Gasteiger partial charge in [-0.05, 0) is 92.6 Å². The van der Waals surface area contributed by atoms with Crippen LogP contribution >= 0.6 is 0 Å². The quantitative estimate of drug-likeness (QED) is 0.0137. The van der Waals surface area contributed by atoms with E-state index in [1.54, 1.807) is 76.2 Å². The molecule has 0 saturated heterocycles. The molecule has 0 amide bonds. The second kappa shape index (κ2) is 30.3. The molecule has 10 rings (SSSR count). The molecule has 0 aliphatic rings. The number of aromatic amines is 4. The van der Waals surface area contributed by atoms with Gasteiger partial charge in [-0.1, -0.05) is 31.1 Å². The van der Waals surface area contributed by atoms with Crippen LogP contribution in [-0.4, -0.2) is 149 Å². The third-order valence-corrected chi connectivity index (χ3v) is 19.5. The van der Waals surface area contributed by atoms with Crippen LogP contribution in [0.3, 0.4) is 0 Å². The molecule has 95 heavy (non-hydrogen) atoms. The Labute approximate surface area is 542 Å². The molecule has 0 bridgehead atoms. The smallest absolute Gasteiger partial charge is 0.349 e. The Hall–Kier alpha value is -10.8. The summed E-state index contributed by atoms with van der Waals surface area (Å²) >= 11 is 0. The minimum Gasteiger partial charge on any atom is -0.497 e. The summed E-state index contributed by atoms with van der Waals surface area (Å²) in [5.41, 5.74) is 1.06. The number of carbonyl (C=O) groups is 2. The van der Waals surface area contributed by atoms with Crippen molar-refractivity contribution in [1.29, 1.82) is 0 Å². The Morgan fingerprint density at radius 1 is 0.653 bits per heavy atom. The maximum Gasteiger partial charge on any atom is 0.349 e. The Balaban J connectivity index is 0.000000226. The number of hydrogen-bond acceptors (Lipinski definition) is 24. The fourth-order valence-corrected chi connectivity index (χ4v) is 10.2. The minimum atomic E-state index is -1.96. The number of aliphatic hydroxyl groups excluding tert-OH is 1. The van der Waals surface area contributed by atoms with Crippen molar-refractivity contribution in [3.8, 4) is 57.4 Å². The van der Waals surface area contributed by atoms with Gasteiger partial charge in [-0.15, -0.1) is 10.2 Å². The summed E-state index contributed by atoms with van der Waals surface area (Å²) in [5, 5.41) is 45.4. The lowest BCUT2D eigenvalue weighted by molar-refractivity contribution is 0.0516. The fraction of sp³-hybridized carbons (Fsp3) is 0.355. The van der Waals surface area contributed by atoms with Crippen LogP contribution in [0.4, 0.5) is 20.2 Å². The highest BCUT2D eigenvalue weighted by atomic mass is 28.4. The number of anilines is 2. The molecule has 7 N–H and O–H groups in total. The van der Waals surface area contributed by atoms with Gasteiger partial charge in [0.25, 0.3) is 0 Å². The van der Waals surface area contributed by atoms with E-state index < -0.39 is 55.4 Å². The number of carbonyl (C=O) groups excluding carboxylic acids is 2. The Kier molecular flexibility index (Phi) is 21.9. The van der Waals surface area contributed by atoms with Crippen LogP contribution in [0, 0.1) is 25.5 Å². The highest BCUT2D eigenvalue weighted by Crippen LogP contribution is 2.39. The monoisotopic (exact) mass is 1330 g/mol. The van der Waals surface area contributed by atoms with Crippen LogP contribution in [-0.2, 0) is 13.9 Å². The Morgan fingerprint density at radius 3 is 1.44 bits per heavy atom. The van der Waals surface area contributed by atoms with Crippen LogP contribution in [0.1, 0.15) is 115 Å². The van der Waals surface area contributed by atoms with Gasteiger partial charge < -0.3 is 57.6 Å². The van der Waals surface area contributed by atoms with Crippen molar-refractivity contribution in [3.05, 3.63) is 163 Å². The highest BCUT2D eigenvalue weighted by Gasteiger charge is 2.37. The predicted octanol–water partition coefficient (Wildman–Crippen LogP) is 8.89. The zero-order valence-corrected chi connectivity index (χ0v) is 54.9. The summed E-state index contributed by atoms with van der Waals surface area (Å²) in [4.78, 5) is 65.3. The van der Waals surface area contributed by atoms with E-state index in [-0.39, 0.29) is 107 Å². The highest BCUT2D eigenvalue weighted by molar-refractivity contribution is 6.74. The van der Waals surface area contributed by atoms with Gasteiger partial charge in [-0.2, -0.15) is 29.5 Å². The molecular formula is C62H72F2N16O14Si. The van der Waals surface area contributed by atoms with Crippen molar-refractivity contribution in [3.63, 3.8) is 0 Å². The molecule has 0 saturated carbocycles. The molecule has 33 heteroatoms. The summed E-state index contributed by atoms with van der Waals surface area (Å²) < 4.78 is 83.5. The second-order valence-electron chi connectivity index (χ2n) is 22.5. The van der Waals surface area contributed by atoms with Crippen LogP contribution in [0.2, 0.25) is 18.1 Å². The summed E-state index contributed by atoms with van der Waals surface area (Å²) in [6.45, 7) is 18.3. The predicted molar refractivity (Wildman–Crippen MR) is 341 cm³/mol. The molecule has 0 fully saturated rings. The van der Waals surface area contributed by atoms with Gasteiger partial charge in [0, 0.05) is 85.7 Å². The molecule has 0 spiro atoms. The van der Waals surface area contributed by atoms with E-state index >= 15 is 8.78 Å². The van der Waals surface area contributed by atoms with Gasteiger partial charge in [0.2, 0.25) is 23.4 Å². The molecule has 0 aliphatic carbocycles. The van der Waals surface area contributed by atoms with E-state index in [9.17, 15) is 19.2 Å². The zero-order chi connectivity index (χ0) is 68.1. The van der Waals surface area contributed by atoms with Gasteiger partial charge in [0.15, 0.2) is 54.7 Å². The van der Waals surface area contributed by atoms with Gasteiger partial charge in [-0.3, -0.25) is 20.2 Å². The number of rotatable bonds is 28. The number of ether oxygens (including phenoxy) is 6. The lowest BCUT2D eigenvalue weighted by atomic mass is 10.0. The van der Waals surface area contributed by atoms with Crippen LogP contribution < -0.4 is 41.0 Å². The number of hydrogen-bond donors (Lipinski definition) is 7. The van der Waals surface area contributed by atoms with E-state index in [1.807, 2.05) is 0 Å². The molecule has 30 nitrogen and oxygen atoms in total. The fourth-order valence-electron chi connectivity index (χ4n) is 9.11. The first kappa shape index (κ1) is 68.6. The Bertz CT molecular complexity index is 4360. The Morgan fingerprint density at radius 2 is 1.07 bits per heavy atom. The van der Waals surface area contributed by atoms with Gasteiger partial charge in [0.05, 0.1) is 53.0 Å². The maximum absolute atomic E-state index is 16.5. The molecule has 2 unspecified atom stereocenters. The van der Waals surface area contributed by atoms with E-state index in [1.165, 1.54) is 50.9 Å². The number of aromatic nitrogens is 14. The van der Waals surface area contributed by atoms with Crippen molar-refractivity contribution in [2.24, 2.45) is 0 Å². The molecule has 2 atom stereocenters. The van der Waals surface area contributed by atoms with E-state index in [0.29, 0.717) is 64.7 Å². The minimum absolute atomic E-state index is 0.00502. The van der Waals surface area contributed by atoms with E-state index in [4.69, 9.17) is 47.0 Å². The number of benzene rings is 4. The van der Waals surface area contributed by atoms with Gasteiger partial charge in [-0.25, -0.2) is 28.0 Å². The van der Waals surface area contributed by atoms with Crippen molar-refractivity contribution in [1.82, 2.24) is 70.2 Å². The second-order valence-corrected chi connectivity index (χ2v) is 27.3. The van der Waals surface area contributed by atoms with Crippen LogP contribution in [0.5, 0.6) is 23.0 Å². The van der Waals surface area contributed by atoms with Crippen LogP contribution in [0.15, 0.2) is 104 Å². The number of methoxy groups -OCH3 is 2. The average molecular weight is 1330 g/mol. The van der Waals surface area contributed by atoms with Crippen LogP contribution in [0.25, 0.3) is 34.4 Å². The maximum atomic E-state index is 16.5. The van der Waals surface area contributed by atoms with E-state index in [2.05, 4.69) is 105 Å². The van der Waals surface area contributed by atoms with Gasteiger partial charge in [0.1, 0.15) is 34.7 Å². The number of aryl methyl sites for hydroxylation is 2. The van der Waals surface area contributed by atoms with Crippen molar-refractivity contribution >= 4 is 31.6 Å². The average Bonchev–Trinajstić information content (AvgIpc) is 1.70. The molecule has 6 aromatic heterocycles. The van der Waals surface area contributed by atoms with Crippen molar-refractivity contribution in [2.75, 3.05) is 64.5 Å². The molecule has 0 radical (unpaired) electrons. The standard InChI is InChI=1S/C34H43FN8O7Si.C28H29FN8O7/c1-9-47-32(44)25-19-36-40-31(25)43-33(45)39-30(41-43)28(38-22-13-11-21(12-14-22)29-37-20(2)50-42-29)24-17-23(46-6)18-26(27(24)35)48-15-10-16-49-51(7,8)34(3,4)5;1-4-42-27(39)20-14-30-34-26(20)37-28(40)33-25(35-37)23(19-12-18(41-3)13-21(22(19)29)43-11-5-10-38)32-17-8-6-16(7-9-17)24-31-15(2)44-36-24/h11-14,17-19,28,38H,9-10,15-16H2,1-8H3,(H,36,40)(H,39,41,45);6-9,12-14,23,32,38H,4-5,10-11H2,1-3H3,(H,30,34)(H,33,35,40). The lowest BCUT2D eigenvalue weighted by Crippen LogP contribution is -2.41. The largest absolute Gasteiger partial charge is 0.497 e. The first-order valence-electron chi connectivity index (χ1n) is 29.9. The van der Waals surface area contributed by atoms with Gasteiger partial charge >= 0.3 is 23.3 Å². The van der Waals surface area contributed by atoms with E-state index in [0.717, 1.165) is 9.36 Å². The zero-order valence-electron chi connectivity index (χ0n) is 53.9. The molecular weight excluding hydrogens is 1260 g/mol. The van der Waals surface area contributed by atoms with Crippen molar-refractivity contribution in [2.45, 2.75) is 91.5 Å². The molecule has 4 aromatic carbocycles. The summed E-state index contributed by atoms with van der Waals surface area (Å²) in [6, 6.07) is 17.5. The van der Waals surface area contributed by atoms with Crippen molar-refractivity contribution < 1.29 is 65.4 Å². The normalized spacial score (nSPS) is 12.1. The number of aliphatic hydroxyl groups is 1. The number of nitrogens with one attached hydrogen (secondary N) is 6. The third kappa shape index (κ3) is 16.2. The number of H-pyrrole nitrogens is 4.